The number of urea groups is 1. The molecule has 2 N–H and O–H groups in total. The Kier molecular flexibility index (Phi) is 6.75. The van der Waals surface area contributed by atoms with Gasteiger partial charge < -0.3 is 15.0 Å². The fraction of sp³-hybridized carbons (Fsp3) is 0.522. The van der Waals surface area contributed by atoms with Crippen LogP contribution in [0.5, 0.6) is 5.75 Å². The Labute approximate surface area is 187 Å². The molecule has 0 saturated heterocycles. The molecule has 1 aliphatic heterocycles. The third-order valence-electron chi connectivity index (χ3n) is 5.90. The number of anilines is 1. The molecule has 1 aliphatic carbocycles. The lowest BCUT2D eigenvalue weighted by molar-refractivity contribution is -0.134. The topological polar surface area (TPSA) is 83.6 Å². The molecule has 2 heterocycles. The van der Waals surface area contributed by atoms with E-state index in [2.05, 4.69) is 29.5 Å². The van der Waals surface area contributed by atoms with Gasteiger partial charge in [0.15, 0.2) is 11.7 Å². The van der Waals surface area contributed by atoms with E-state index in [1.165, 1.54) is 29.7 Å². The molecule has 0 unspecified atom stereocenters. The zero-order valence-electron chi connectivity index (χ0n) is 18.1. The molecule has 31 heavy (non-hydrogen) atoms. The summed E-state index contributed by atoms with van der Waals surface area (Å²) >= 11 is 1.44. The normalized spacial score (nSPS) is 16.3. The molecule has 7 nitrogen and oxygen atoms in total. The maximum Gasteiger partial charge on any atom is 0.321 e. The maximum atomic E-state index is 12.6. The van der Waals surface area contributed by atoms with E-state index in [0.29, 0.717) is 36.3 Å². The SMILES string of the molecule is CC(C)c1ccc(OCC(=O)N2CCc3nc(NC(=O)NC4CCCC4)sc3C2)cc1. The third kappa shape index (κ3) is 5.55. The molecule has 0 radical (unpaired) electrons. The van der Waals surface area contributed by atoms with Crippen molar-refractivity contribution in [2.75, 3.05) is 18.5 Å². The summed E-state index contributed by atoms with van der Waals surface area (Å²) in [6.07, 6.45) is 5.12. The quantitative estimate of drug-likeness (QED) is 0.699. The second-order valence-electron chi connectivity index (χ2n) is 8.55. The van der Waals surface area contributed by atoms with Crippen LogP contribution in [0.2, 0.25) is 0 Å². The number of carbonyl (C=O) groups excluding carboxylic acids is 2. The molecule has 2 aliphatic rings. The minimum Gasteiger partial charge on any atom is -0.484 e. The third-order valence-corrected chi connectivity index (χ3v) is 6.90. The molecule has 0 spiro atoms. The first-order valence-corrected chi connectivity index (χ1v) is 11.9. The lowest BCUT2D eigenvalue weighted by Gasteiger charge is -2.26. The number of nitrogens with one attached hydrogen (secondary N) is 2. The van der Waals surface area contributed by atoms with E-state index in [0.717, 1.165) is 23.4 Å². The van der Waals surface area contributed by atoms with Crippen LogP contribution < -0.4 is 15.4 Å². The Balaban J connectivity index is 1.28. The van der Waals surface area contributed by atoms with Gasteiger partial charge in [-0.15, -0.1) is 0 Å². The van der Waals surface area contributed by atoms with Crippen molar-refractivity contribution in [2.45, 2.75) is 64.5 Å². The average molecular weight is 443 g/mol. The van der Waals surface area contributed by atoms with E-state index < -0.39 is 0 Å². The van der Waals surface area contributed by atoms with Gasteiger partial charge in [0.25, 0.3) is 5.91 Å². The van der Waals surface area contributed by atoms with Crippen molar-refractivity contribution in [3.8, 4) is 5.75 Å². The molecule has 166 valence electrons. The van der Waals surface area contributed by atoms with Gasteiger partial charge in [0.1, 0.15) is 5.75 Å². The van der Waals surface area contributed by atoms with Crippen molar-refractivity contribution in [3.63, 3.8) is 0 Å². The van der Waals surface area contributed by atoms with Crippen LogP contribution in [0.4, 0.5) is 9.93 Å². The highest BCUT2D eigenvalue weighted by molar-refractivity contribution is 7.15. The number of carbonyl (C=O) groups is 2. The number of aromatic nitrogens is 1. The average Bonchev–Trinajstić information content (AvgIpc) is 3.40. The molecule has 1 aromatic carbocycles. The van der Waals surface area contributed by atoms with Gasteiger partial charge in [0.2, 0.25) is 0 Å². The minimum atomic E-state index is -0.192. The van der Waals surface area contributed by atoms with Crippen molar-refractivity contribution in [2.24, 2.45) is 0 Å². The molecular formula is C23H30N4O3S. The molecule has 2 aromatic rings. The number of ether oxygens (including phenoxy) is 1. The largest absolute Gasteiger partial charge is 0.484 e. The van der Waals surface area contributed by atoms with Crippen molar-refractivity contribution in [1.29, 1.82) is 0 Å². The number of benzene rings is 1. The summed E-state index contributed by atoms with van der Waals surface area (Å²) in [7, 11) is 0. The second-order valence-corrected chi connectivity index (χ2v) is 9.63. The van der Waals surface area contributed by atoms with Crippen molar-refractivity contribution >= 4 is 28.4 Å². The minimum absolute atomic E-state index is 0.0179. The van der Waals surface area contributed by atoms with Crippen LogP contribution in [-0.2, 0) is 17.8 Å². The smallest absolute Gasteiger partial charge is 0.321 e. The highest BCUT2D eigenvalue weighted by Gasteiger charge is 2.25. The fourth-order valence-electron chi connectivity index (χ4n) is 4.04. The summed E-state index contributed by atoms with van der Waals surface area (Å²) in [6.45, 7) is 5.43. The first kappa shape index (κ1) is 21.6. The maximum absolute atomic E-state index is 12.6. The van der Waals surface area contributed by atoms with Crippen molar-refractivity contribution in [1.82, 2.24) is 15.2 Å². The van der Waals surface area contributed by atoms with Crippen LogP contribution in [0.3, 0.4) is 0 Å². The molecule has 4 rings (SSSR count). The zero-order valence-corrected chi connectivity index (χ0v) is 19.0. The highest BCUT2D eigenvalue weighted by atomic mass is 32.1. The van der Waals surface area contributed by atoms with Crippen molar-refractivity contribution < 1.29 is 14.3 Å². The number of thiazole rings is 1. The van der Waals surface area contributed by atoms with Gasteiger partial charge in [-0.2, -0.15) is 0 Å². The summed E-state index contributed by atoms with van der Waals surface area (Å²) < 4.78 is 5.70. The Hall–Kier alpha value is -2.61. The number of nitrogens with zero attached hydrogens (tertiary/aromatic N) is 2. The summed E-state index contributed by atoms with van der Waals surface area (Å²) in [5, 5.41) is 6.46. The Morgan fingerprint density at radius 3 is 2.68 bits per heavy atom. The monoisotopic (exact) mass is 442 g/mol. The lowest BCUT2D eigenvalue weighted by atomic mass is 10.0. The molecule has 0 atom stereocenters. The van der Waals surface area contributed by atoms with Crippen LogP contribution in [0.25, 0.3) is 0 Å². The van der Waals surface area contributed by atoms with Gasteiger partial charge >= 0.3 is 6.03 Å². The van der Waals surface area contributed by atoms with Gasteiger partial charge in [-0.25, -0.2) is 9.78 Å². The predicted molar refractivity (Wildman–Crippen MR) is 122 cm³/mol. The fourth-order valence-corrected chi connectivity index (χ4v) is 5.05. The van der Waals surface area contributed by atoms with E-state index in [9.17, 15) is 9.59 Å². The second kappa shape index (κ2) is 9.68. The summed E-state index contributed by atoms with van der Waals surface area (Å²) in [6, 6.07) is 7.97. The molecular weight excluding hydrogens is 412 g/mol. The number of hydrogen-bond acceptors (Lipinski definition) is 5. The molecule has 8 heteroatoms. The number of hydrogen-bond donors (Lipinski definition) is 2. The number of rotatable bonds is 6. The van der Waals surface area contributed by atoms with E-state index in [4.69, 9.17) is 4.74 Å². The summed E-state index contributed by atoms with van der Waals surface area (Å²) in [5.74, 6) is 1.12. The molecule has 0 bridgehead atoms. The van der Waals surface area contributed by atoms with Crippen LogP contribution in [0, 0.1) is 0 Å². The van der Waals surface area contributed by atoms with Crippen molar-refractivity contribution in [3.05, 3.63) is 40.4 Å². The molecule has 1 aromatic heterocycles. The Bertz CT molecular complexity index is 919. The first-order chi connectivity index (χ1) is 15.0. The predicted octanol–water partition coefficient (Wildman–Crippen LogP) is 4.29. The first-order valence-electron chi connectivity index (χ1n) is 11.0. The standard InChI is InChI=1S/C23H30N4O3S/c1-15(2)16-7-9-18(10-8-16)30-14-21(28)27-12-11-19-20(13-27)31-23(25-19)26-22(29)24-17-5-3-4-6-17/h7-10,15,17H,3-6,11-14H2,1-2H3,(H2,24,25,26,29). The van der Waals surface area contributed by atoms with E-state index in [-0.39, 0.29) is 24.6 Å². The summed E-state index contributed by atoms with van der Waals surface area (Å²) in [5.41, 5.74) is 2.21. The van der Waals surface area contributed by atoms with Crippen LogP contribution in [-0.4, -0.2) is 41.0 Å². The number of amides is 3. The molecule has 1 fully saturated rings. The van der Waals surface area contributed by atoms with E-state index in [1.807, 2.05) is 24.3 Å². The molecule has 1 saturated carbocycles. The van der Waals surface area contributed by atoms with Gasteiger partial charge in [-0.05, 0) is 36.5 Å². The number of fused-ring (bicyclic) bond motifs is 1. The van der Waals surface area contributed by atoms with Gasteiger partial charge in [-0.3, -0.25) is 10.1 Å². The Morgan fingerprint density at radius 1 is 1.23 bits per heavy atom. The summed E-state index contributed by atoms with van der Waals surface area (Å²) in [4.78, 5) is 32.2. The lowest BCUT2D eigenvalue weighted by Crippen LogP contribution is -2.38. The van der Waals surface area contributed by atoms with Crippen LogP contribution >= 0.6 is 11.3 Å². The van der Waals surface area contributed by atoms with Gasteiger partial charge in [-0.1, -0.05) is 50.2 Å². The highest BCUT2D eigenvalue weighted by Crippen LogP contribution is 2.28. The zero-order chi connectivity index (χ0) is 21.8. The van der Waals surface area contributed by atoms with E-state index >= 15 is 0 Å². The van der Waals surface area contributed by atoms with Crippen LogP contribution in [0.1, 0.15) is 61.6 Å². The molecule has 3 amide bonds. The van der Waals surface area contributed by atoms with Gasteiger partial charge in [0.05, 0.1) is 12.2 Å². The van der Waals surface area contributed by atoms with Crippen LogP contribution in [0.15, 0.2) is 24.3 Å². The Morgan fingerprint density at radius 2 is 1.97 bits per heavy atom. The van der Waals surface area contributed by atoms with Gasteiger partial charge in [0, 0.05) is 23.9 Å². The van der Waals surface area contributed by atoms with E-state index in [1.54, 1.807) is 4.90 Å².